The Morgan fingerprint density at radius 3 is 2.13 bits per heavy atom. The van der Waals surface area contributed by atoms with Crippen LogP contribution in [0.5, 0.6) is 0 Å². The van der Waals surface area contributed by atoms with Crippen molar-refractivity contribution in [1.29, 1.82) is 0 Å². The van der Waals surface area contributed by atoms with Crippen LogP contribution in [0.1, 0.15) is 0 Å². The fourth-order valence-corrected chi connectivity index (χ4v) is 2.11. The van der Waals surface area contributed by atoms with Gasteiger partial charge < -0.3 is 55.1 Å². The van der Waals surface area contributed by atoms with Crippen LogP contribution < -0.4 is 0 Å². The number of carbonyl (C=O) groups is 1. The lowest BCUT2D eigenvalue weighted by Crippen LogP contribution is -2.61. The van der Waals surface area contributed by atoms with Crippen molar-refractivity contribution in [3.63, 3.8) is 0 Å². The molecule has 1 fully saturated rings. The molecule has 0 unspecified atom stereocenters. The van der Waals surface area contributed by atoms with E-state index in [2.05, 4.69) is 0 Å². The zero-order valence-electron chi connectivity index (χ0n) is 12.0. The van der Waals surface area contributed by atoms with Crippen LogP contribution in [0.3, 0.4) is 0 Å². The van der Waals surface area contributed by atoms with E-state index in [1.54, 1.807) is 0 Å². The Kier molecular flexibility index (Phi) is 7.89. The Hall–Kier alpha value is -0.730. The Balaban J connectivity index is 2.91. The van der Waals surface area contributed by atoms with E-state index in [4.69, 9.17) is 19.7 Å². The Morgan fingerprint density at radius 1 is 1.04 bits per heavy atom. The van der Waals surface area contributed by atoms with Gasteiger partial charge in [-0.25, -0.2) is 0 Å². The molecule has 0 saturated carbocycles. The molecule has 8 N–H and O–H groups in total. The minimum Gasteiger partial charge on any atom is -0.394 e. The molecule has 1 saturated heterocycles. The van der Waals surface area contributed by atoms with Crippen molar-refractivity contribution in [1.82, 2.24) is 0 Å². The first-order chi connectivity index (χ1) is 10.8. The molecule has 0 bridgehead atoms. The molecule has 1 heterocycles. The van der Waals surface area contributed by atoms with E-state index in [-0.39, 0.29) is 6.29 Å². The molecular formula is C12H22O11. The van der Waals surface area contributed by atoms with E-state index >= 15 is 0 Å². The zero-order chi connectivity index (χ0) is 17.7. The molecule has 11 heteroatoms. The normalized spacial score (nSPS) is 37.0. The molecule has 0 spiro atoms. The van der Waals surface area contributed by atoms with Crippen molar-refractivity contribution in [2.75, 3.05) is 13.2 Å². The molecule has 9 atom stereocenters. The molecule has 0 aromatic heterocycles. The first-order valence-corrected chi connectivity index (χ1v) is 6.84. The highest BCUT2D eigenvalue weighted by molar-refractivity contribution is 5.56. The molecule has 0 aliphatic carbocycles. The third kappa shape index (κ3) is 4.64. The number of aliphatic hydroxyl groups is 8. The largest absolute Gasteiger partial charge is 0.394 e. The number of aliphatic hydroxyl groups excluding tert-OH is 8. The highest BCUT2D eigenvalue weighted by atomic mass is 16.7. The van der Waals surface area contributed by atoms with Gasteiger partial charge in [0.05, 0.1) is 13.2 Å². The lowest BCUT2D eigenvalue weighted by atomic mass is 9.98. The molecule has 23 heavy (non-hydrogen) atoms. The predicted octanol–water partition coefficient (Wildman–Crippen LogP) is -5.55. The van der Waals surface area contributed by atoms with Crippen LogP contribution in [0.2, 0.25) is 0 Å². The lowest BCUT2D eigenvalue weighted by Gasteiger charge is -2.42. The van der Waals surface area contributed by atoms with Crippen LogP contribution in [0.25, 0.3) is 0 Å². The summed E-state index contributed by atoms with van der Waals surface area (Å²) in [4.78, 5) is 10.5. The second-order valence-corrected chi connectivity index (χ2v) is 5.17. The first-order valence-electron chi connectivity index (χ1n) is 6.84. The standard InChI is InChI=1S/C12H22O11/c13-1-4(16)7(18)11(5(17)2-14)23-12-10(21)9(20)8(19)6(3-15)22-12/h1,4-12,14-21H,2-3H2/t4-,5-,6-,7-,8+,9+,10-,11-,12+/m1/s1. The molecule has 136 valence electrons. The summed E-state index contributed by atoms with van der Waals surface area (Å²) in [6, 6.07) is 0. The Labute approximate surface area is 130 Å². The van der Waals surface area contributed by atoms with Gasteiger partial charge in [-0.05, 0) is 0 Å². The van der Waals surface area contributed by atoms with Gasteiger partial charge in [-0.15, -0.1) is 0 Å². The summed E-state index contributed by atoms with van der Waals surface area (Å²) in [6.07, 6.45) is -15.7. The highest BCUT2D eigenvalue weighted by Crippen LogP contribution is 2.24. The monoisotopic (exact) mass is 342 g/mol. The summed E-state index contributed by atoms with van der Waals surface area (Å²) in [7, 11) is 0. The summed E-state index contributed by atoms with van der Waals surface area (Å²) in [5, 5.41) is 75.7. The quantitative estimate of drug-likeness (QED) is 0.196. The van der Waals surface area contributed by atoms with Crippen LogP contribution >= 0.6 is 0 Å². The van der Waals surface area contributed by atoms with Gasteiger partial charge in [-0.3, -0.25) is 0 Å². The van der Waals surface area contributed by atoms with E-state index in [1.807, 2.05) is 0 Å². The molecule has 0 radical (unpaired) electrons. The summed E-state index contributed by atoms with van der Waals surface area (Å²) in [5.74, 6) is 0. The minimum atomic E-state index is -1.97. The summed E-state index contributed by atoms with van der Waals surface area (Å²) < 4.78 is 10.1. The van der Waals surface area contributed by atoms with E-state index in [0.717, 1.165) is 0 Å². The van der Waals surface area contributed by atoms with Gasteiger partial charge in [0.15, 0.2) is 12.6 Å². The number of ether oxygens (including phenoxy) is 2. The molecule has 1 aliphatic rings. The minimum absolute atomic E-state index is 0.0294. The molecular weight excluding hydrogens is 320 g/mol. The van der Waals surface area contributed by atoms with Crippen LogP contribution in [0.15, 0.2) is 0 Å². The molecule has 1 aliphatic heterocycles. The SMILES string of the molecule is O=C[C@@H](O)[C@@H](O)[C@H](O[C@@H]1O[C@H](CO)[C@H](O)[C@H](O)[C@H]1O)[C@H](O)CO. The van der Waals surface area contributed by atoms with E-state index in [0.29, 0.717) is 0 Å². The van der Waals surface area contributed by atoms with Gasteiger partial charge in [0.2, 0.25) is 0 Å². The number of carbonyl (C=O) groups excluding carboxylic acids is 1. The van der Waals surface area contributed by atoms with Gasteiger partial charge in [0, 0.05) is 0 Å². The lowest BCUT2D eigenvalue weighted by molar-refractivity contribution is -0.326. The van der Waals surface area contributed by atoms with Crippen LogP contribution in [-0.2, 0) is 14.3 Å². The Morgan fingerprint density at radius 2 is 1.65 bits per heavy atom. The first kappa shape index (κ1) is 20.3. The van der Waals surface area contributed by atoms with Gasteiger partial charge in [-0.2, -0.15) is 0 Å². The van der Waals surface area contributed by atoms with E-state index in [9.17, 15) is 35.4 Å². The third-order valence-corrected chi connectivity index (χ3v) is 3.53. The molecule has 11 nitrogen and oxygen atoms in total. The maximum Gasteiger partial charge on any atom is 0.187 e. The van der Waals surface area contributed by atoms with Crippen LogP contribution in [-0.4, -0.2) is 115 Å². The van der Waals surface area contributed by atoms with Crippen molar-refractivity contribution in [3.8, 4) is 0 Å². The predicted molar refractivity (Wildman–Crippen MR) is 69.8 cm³/mol. The average Bonchev–Trinajstić information content (AvgIpc) is 2.57. The molecule has 0 amide bonds. The fraction of sp³-hybridized carbons (Fsp3) is 0.917. The maximum absolute atomic E-state index is 10.5. The van der Waals surface area contributed by atoms with Gasteiger partial charge in [-0.1, -0.05) is 0 Å². The van der Waals surface area contributed by atoms with E-state index in [1.165, 1.54) is 0 Å². The van der Waals surface area contributed by atoms with E-state index < -0.39 is 68.3 Å². The van der Waals surface area contributed by atoms with Gasteiger partial charge in [0.25, 0.3) is 0 Å². The number of aldehydes is 1. The number of hydrogen-bond donors (Lipinski definition) is 8. The van der Waals surface area contributed by atoms with Crippen molar-refractivity contribution in [2.45, 2.75) is 55.1 Å². The molecule has 1 rings (SSSR count). The van der Waals surface area contributed by atoms with Crippen molar-refractivity contribution in [3.05, 3.63) is 0 Å². The third-order valence-electron chi connectivity index (χ3n) is 3.53. The van der Waals surface area contributed by atoms with Crippen molar-refractivity contribution in [2.24, 2.45) is 0 Å². The van der Waals surface area contributed by atoms with Crippen LogP contribution in [0, 0.1) is 0 Å². The van der Waals surface area contributed by atoms with Crippen LogP contribution in [0.4, 0.5) is 0 Å². The highest BCUT2D eigenvalue weighted by Gasteiger charge is 2.46. The number of rotatable bonds is 8. The second kappa shape index (κ2) is 8.94. The molecule has 0 aromatic carbocycles. The van der Waals surface area contributed by atoms with Gasteiger partial charge >= 0.3 is 0 Å². The van der Waals surface area contributed by atoms with Gasteiger partial charge in [0.1, 0.15) is 48.8 Å². The smallest absolute Gasteiger partial charge is 0.187 e. The maximum atomic E-state index is 10.5. The second-order valence-electron chi connectivity index (χ2n) is 5.17. The number of hydrogen-bond acceptors (Lipinski definition) is 11. The summed E-state index contributed by atoms with van der Waals surface area (Å²) in [5.41, 5.74) is 0. The zero-order valence-corrected chi connectivity index (χ0v) is 12.0. The fourth-order valence-electron chi connectivity index (χ4n) is 2.11. The van der Waals surface area contributed by atoms with Crippen molar-refractivity contribution < 1.29 is 55.1 Å². The average molecular weight is 342 g/mol. The summed E-state index contributed by atoms with van der Waals surface area (Å²) in [6.45, 7) is -1.64. The molecule has 0 aromatic rings. The summed E-state index contributed by atoms with van der Waals surface area (Å²) >= 11 is 0. The Bertz CT molecular complexity index is 365. The van der Waals surface area contributed by atoms with Crippen molar-refractivity contribution >= 4 is 6.29 Å². The topological polar surface area (TPSA) is 197 Å².